The van der Waals surface area contributed by atoms with Gasteiger partial charge in [-0.3, -0.25) is 4.79 Å². The zero-order chi connectivity index (χ0) is 11.7. The molecule has 1 aromatic carbocycles. The Morgan fingerprint density at radius 2 is 1.94 bits per heavy atom. The van der Waals surface area contributed by atoms with Gasteiger partial charge in [-0.1, -0.05) is 35.3 Å². The molecule has 16 heavy (non-hydrogen) atoms. The maximum Gasteiger partial charge on any atom is 0.212 e. The lowest BCUT2D eigenvalue weighted by Gasteiger charge is -2.00. The van der Waals surface area contributed by atoms with Gasteiger partial charge in [0.25, 0.3) is 0 Å². The van der Waals surface area contributed by atoms with Crippen molar-refractivity contribution in [2.45, 2.75) is 0 Å². The van der Waals surface area contributed by atoms with E-state index in [9.17, 15) is 9.90 Å². The van der Waals surface area contributed by atoms with Crippen molar-refractivity contribution in [3.8, 4) is 5.75 Å². The highest BCUT2D eigenvalue weighted by atomic mass is 35.5. The summed E-state index contributed by atoms with van der Waals surface area (Å²) in [4.78, 5) is 14.6. The second-order valence-electron chi connectivity index (χ2n) is 3.19. The van der Waals surface area contributed by atoms with Crippen LogP contribution in [0.1, 0.15) is 16.1 Å². The van der Waals surface area contributed by atoms with Crippen LogP contribution in [0, 0.1) is 0 Å². The van der Waals surface area contributed by atoms with Crippen LogP contribution in [0.15, 0.2) is 30.3 Å². The van der Waals surface area contributed by atoms with E-state index < -0.39 is 0 Å². The molecule has 2 N–H and O–H groups in total. The summed E-state index contributed by atoms with van der Waals surface area (Å²) in [7, 11) is 0. The van der Waals surface area contributed by atoms with Crippen LogP contribution in [-0.2, 0) is 0 Å². The first kappa shape index (κ1) is 11.0. The Balaban J connectivity index is 2.43. The molecule has 2 rings (SSSR count). The lowest BCUT2D eigenvalue weighted by molar-refractivity contribution is 0.103. The average Bonchev–Trinajstić information content (AvgIpc) is 2.59. The molecule has 2 aromatic rings. The number of aromatic nitrogens is 1. The molecule has 3 nitrogen and oxygen atoms in total. The highest BCUT2D eigenvalue weighted by Gasteiger charge is 2.16. The highest BCUT2D eigenvalue weighted by molar-refractivity contribution is 6.41. The fourth-order valence-corrected chi connectivity index (χ4v) is 1.65. The molecule has 0 fully saturated rings. The van der Waals surface area contributed by atoms with E-state index in [4.69, 9.17) is 23.2 Å². The topological polar surface area (TPSA) is 53.1 Å². The van der Waals surface area contributed by atoms with E-state index in [-0.39, 0.29) is 33.0 Å². The molecular formula is C11H7Cl2NO2. The van der Waals surface area contributed by atoms with E-state index in [1.807, 2.05) is 0 Å². The molecule has 0 radical (unpaired) electrons. The number of aromatic hydroxyl groups is 1. The molecule has 0 spiro atoms. The van der Waals surface area contributed by atoms with Gasteiger partial charge in [-0.25, -0.2) is 0 Å². The van der Waals surface area contributed by atoms with Gasteiger partial charge in [0, 0.05) is 0 Å². The number of nitrogens with one attached hydrogen (secondary N) is 1. The summed E-state index contributed by atoms with van der Waals surface area (Å²) in [5.41, 5.74) is 0.452. The number of phenols is 1. The Labute approximate surface area is 102 Å². The molecule has 0 saturated heterocycles. The molecule has 1 heterocycles. The number of carbonyl (C=O) groups is 1. The van der Waals surface area contributed by atoms with E-state index in [2.05, 4.69) is 4.98 Å². The minimum absolute atomic E-state index is 0.0747. The van der Waals surface area contributed by atoms with Crippen molar-refractivity contribution in [1.82, 2.24) is 4.98 Å². The number of phenolic OH excluding ortho intramolecular Hbond substituents is 1. The van der Waals surface area contributed by atoms with Gasteiger partial charge in [-0.05, 0) is 18.2 Å². The van der Waals surface area contributed by atoms with Crippen molar-refractivity contribution in [2.75, 3.05) is 0 Å². The number of aromatic amines is 1. The molecule has 0 amide bonds. The molecule has 1 aromatic heterocycles. The lowest BCUT2D eigenvalue weighted by Crippen LogP contribution is -2.01. The zero-order valence-corrected chi connectivity index (χ0v) is 9.51. The summed E-state index contributed by atoms with van der Waals surface area (Å²) in [6, 6.07) is 7.71. The number of benzene rings is 1. The standard InChI is InChI=1S/C11H7Cl2NO2/c12-7-5-8(14-11(7)13)10(16)6-3-1-2-4-9(6)15/h1-5,14-15H. The third-order valence-electron chi connectivity index (χ3n) is 2.12. The second kappa shape index (κ2) is 4.20. The Bertz CT molecular complexity index is 529. The predicted molar refractivity (Wildman–Crippen MR) is 62.4 cm³/mol. The summed E-state index contributed by atoms with van der Waals surface area (Å²) in [5, 5.41) is 10.0. The minimum atomic E-state index is -0.355. The largest absolute Gasteiger partial charge is 0.507 e. The van der Waals surface area contributed by atoms with Crippen molar-refractivity contribution in [3.63, 3.8) is 0 Å². The quantitative estimate of drug-likeness (QED) is 0.810. The maximum atomic E-state index is 11.9. The Hall–Kier alpha value is -1.45. The van der Waals surface area contributed by atoms with Crippen LogP contribution in [0.3, 0.4) is 0 Å². The molecule has 0 bridgehead atoms. The van der Waals surface area contributed by atoms with Crippen molar-refractivity contribution in [3.05, 3.63) is 51.8 Å². The van der Waals surface area contributed by atoms with Crippen molar-refractivity contribution in [1.29, 1.82) is 0 Å². The number of hydrogen-bond donors (Lipinski definition) is 2. The van der Waals surface area contributed by atoms with Crippen molar-refractivity contribution >= 4 is 29.0 Å². The van der Waals surface area contributed by atoms with Gasteiger partial charge in [-0.2, -0.15) is 0 Å². The molecule has 0 aliphatic rings. The predicted octanol–water partition coefficient (Wildman–Crippen LogP) is 3.26. The van der Waals surface area contributed by atoms with Gasteiger partial charge in [0.15, 0.2) is 0 Å². The van der Waals surface area contributed by atoms with Gasteiger partial charge in [0.2, 0.25) is 5.78 Å². The molecule has 0 saturated carbocycles. The normalized spacial score (nSPS) is 10.4. The summed E-state index contributed by atoms with van der Waals surface area (Å²) >= 11 is 11.4. The van der Waals surface area contributed by atoms with Gasteiger partial charge in [-0.15, -0.1) is 0 Å². The molecular weight excluding hydrogens is 249 g/mol. The number of para-hydroxylation sites is 1. The third kappa shape index (κ3) is 1.92. The van der Waals surface area contributed by atoms with Gasteiger partial charge >= 0.3 is 0 Å². The number of hydrogen-bond acceptors (Lipinski definition) is 2. The Morgan fingerprint density at radius 3 is 2.50 bits per heavy atom. The van der Waals surface area contributed by atoms with Gasteiger partial charge < -0.3 is 10.1 Å². The number of rotatable bonds is 2. The van der Waals surface area contributed by atoms with Crippen molar-refractivity contribution < 1.29 is 9.90 Å². The van der Waals surface area contributed by atoms with Crippen molar-refractivity contribution in [2.24, 2.45) is 0 Å². The van der Waals surface area contributed by atoms with Crippen LogP contribution in [0.25, 0.3) is 0 Å². The monoisotopic (exact) mass is 255 g/mol. The maximum absolute atomic E-state index is 11.9. The third-order valence-corrected chi connectivity index (χ3v) is 2.81. The second-order valence-corrected chi connectivity index (χ2v) is 3.98. The molecule has 5 heteroatoms. The van der Waals surface area contributed by atoms with Gasteiger partial charge in [0.1, 0.15) is 10.9 Å². The molecule has 82 valence electrons. The number of ketones is 1. The molecule has 0 unspecified atom stereocenters. The van der Waals surface area contributed by atoms with Crippen LogP contribution >= 0.6 is 23.2 Å². The average molecular weight is 256 g/mol. The first-order chi connectivity index (χ1) is 7.59. The SMILES string of the molecule is O=C(c1cc(Cl)c(Cl)[nH]1)c1ccccc1O. The number of carbonyl (C=O) groups excluding carboxylic acids is 1. The molecule has 0 aliphatic carbocycles. The zero-order valence-electron chi connectivity index (χ0n) is 8.00. The van der Waals surface area contributed by atoms with Gasteiger partial charge in [0.05, 0.1) is 16.3 Å². The first-order valence-corrected chi connectivity index (χ1v) is 5.22. The number of halogens is 2. The van der Waals surface area contributed by atoms with Crippen LogP contribution in [-0.4, -0.2) is 15.9 Å². The number of H-pyrrole nitrogens is 1. The Kier molecular flexibility index (Phi) is 2.90. The Morgan fingerprint density at radius 1 is 1.25 bits per heavy atom. The fraction of sp³-hybridized carbons (Fsp3) is 0. The van der Waals surface area contributed by atoms with Crippen LogP contribution in [0.2, 0.25) is 10.2 Å². The first-order valence-electron chi connectivity index (χ1n) is 4.46. The fourth-order valence-electron chi connectivity index (χ4n) is 1.34. The van der Waals surface area contributed by atoms with E-state index in [1.54, 1.807) is 12.1 Å². The van der Waals surface area contributed by atoms with E-state index >= 15 is 0 Å². The smallest absolute Gasteiger partial charge is 0.212 e. The van der Waals surface area contributed by atoms with E-state index in [1.165, 1.54) is 18.2 Å². The van der Waals surface area contributed by atoms with Crippen LogP contribution in [0.5, 0.6) is 5.75 Å². The van der Waals surface area contributed by atoms with E-state index in [0.29, 0.717) is 0 Å². The summed E-state index contributed by atoms with van der Waals surface area (Å²) < 4.78 is 0. The molecule has 0 aliphatic heterocycles. The van der Waals surface area contributed by atoms with Crippen LogP contribution < -0.4 is 0 Å². The highest BCUT2D eigenvalue weighted by Crippen LogP contribution is 2.25. The van der Waals surface area contributed by atoms with Crippen LogP contribution in [0.4, 0.5) is 0 Å². The molecule has 0 atom stereocenters. The minimum Gasteiger partial charge on any atom is -0.507 e. The lowest BCUT2D eigenvalue weighted by atomic mass is 10.1. The summed E-state index contributed by atoms with van der Waals surface area (Å²) in [6.45, 7) is 0. The summed E-state index contributed by atoms with van der Waals surface area (Å²) in [5.74, 6) is -0.429. The summed E-state index contributed by atoms with van der Waals surface area (Å²) in [6.07, 6.45) is 0. The van der Waals surface area contributed by atoms with E-state index in [0.717, 1.165) is 0 Å².